The normalized spacial score (nSPS) is 19.8. The fourth-order valence-corrected chi connectivity index (χ4v) is 5.73. The maximum absolute atomic E-state index is 13.7. The minimum Gasteiger partial charge on any atom is -0.493 e. The number of aliphatic hydroxyl groups excluding tert-OH is 1. The second-order valence-corrected chi connectivity index (χ2v) is 12.9. The van der Waals surface area contributed by atoms with Crippen LogP contribution in [-0.2, 0) is 20.9 Å². The van der Waals surface area contributed by atoms with Crippen molar-refractivity contribution in [1.29, 1.82) is 0 Å². The van der Waals surface area contributed by atoms with E-state index < -0.39 is 23.6 Å². The van der Waals surface area contributed by atoms with E-state index in [0.29, 0.717) is 24.7 Å². The first-order valence-corrected chi connectivity index (χ1v) is 15.2. The maximum atomic E-state index is 13.7. The van der Waals surface area contributed by atoms with E-state index >= 15 is 0 Å². The number of alkyl halides is 1. The van der Waals surface area contributed by atoms with Gasteiger partial charge in [0, 0.05) is 36.9 Å². The molecule has 1 aromatic heterocycles. The number of ether oxygens (including phenoxy) is 1. The van der Waals surface area contributed by atoms with Gasteiger partial charge in [0.1, 0.15) is 17.8 Å². The van der Waals surface area contributed by atoms with Crippen LogP contribution in [0.15, 0.2) is 23.7 Å². The maximum Gasteiger partial charge on any atom is 0.246 e. The Morgan fingerprint density at radius 2 is 2.00 bits per heavy atom. The van der Waals surface area contributed by atoms with Crippen molar-refractivity contribution < 1.29 is 24.2 Å². The first kappa shape index (κ1) is 30.3. The second kappa shape index (κ2) is 12.9. The molecule has 1 saturated heterocycles. The fourth-order valence-electron chi connectivity index (χ4n) is 4.82. The van der Waals surface area contributed by atoms with E-state index in [1.165, 1.54) is 4.90 Å². The average Bonchev–Trinajstić information content (AvgIpc) is 3.56. The highest BCUT2D eigenvalue weighted by Crippen LogP contribution is 2.33. The lowest BCUT2D eigenvalue weighted by atomic mass is 9.85. The molecule has 218 valence electrons. The van der Waals surface area contributed by atoms with Crippen LogP contribution in [0.3, 0.4) is 0 Å². The van der Waals surface area contributed by atoms with Gasteiger partial charge in [-0.2, -0.15) is 0 Å². The Morgan fingerprint density at radius 3 is 2.62 bits per heavy atom. The molecule has 2 aliphatic rings. The third-order valence-corrected chi connectivity index (χ3v) is 8.52. The number of thiazole rings is 1. The molecule has 4 rings (SSSR count). The molecular weight excluding hydrogens is 552 g/mol. The minimum atomic E-state index is -0.843. The summed E-state index contributed by atoms with van der Waals surface area (Å²) in [5, 5.41) is 16.3. The molecule has 3 amide bonds. The summed E-state index contributed by atoms with van der Waals surface area (Å²) in [5.74, 6) is 0.226. The van der Waals surface area contributed by atoms with Gasteiger partial charge in [-0.1, -0.05) is 32.9 Å². The number of aromatic nitrogens is 1. The summed E-state index contributed by atoms with van der Waals surface area (Å²) in [6.07, 6.45) is 1.64. The number of benzene rings is 1. The van der Waals surface area contributed by atoms with Gasteiger partial charge in [0.05, 0.1) is 28.8 Å². The van der Waals surface area contributed by atoms with Crippen LogP contribution in [0.5, 0.6) is 5.75 Å². The zero-order chi connectivity index (χ0) is 29.0. The van der Waals surface area contributed by atoms with Crippen molar-refractivity contribution in [2.24, 2.45) is 11.3 Å². The average molecular weight is 591 g/mol. The molecule has 3 atom stereocenters. The van der Waals surface area contributed by atoms with Gasteiger partial charge in [0.25, 0.3) is 0 Å². The van der Waals surface area contributed by atoms with Crippen molar-refractivity contribution >= 4 is 40.7 Å². The quantitative estimate of drug-likeness (QED) is 0.271. The number of carbonyl (C=O) groups excluding carboxylic acids is 3. The van der Waals surface area contributed by atoms with Gasteiger partial charge in [0.15, 0.2) is 0 Å². The first-order chi connectivity index (χ1) is 19.0. The van der Waals surface area contributed by atoms with E-state index in [-0.39, 0.29) is 43.1 Å². The second-order valence-electron chi connectivity index (χ2n) is 11.7. The van der Waals surface area contributed by atoms with E-state index in [9.17, 15) is 19.5 Å². The lowest BCUT2D eigenvalue weighted by molar-refractivity contribution is -0.144. The molecule has 2 fully saturated rings. The Bertz CT molecular complexity index is 1230. The minimum absolute atomic E-state index is 0.0402. The molecule has 3 N–H and O–H groups in total. The number of β-amino-alcohol motifs (C(OH)–C–C–N with tert-alkyl or cyclic N) is 1. The van der Waals surface area contributed by atoms with Gasteiger partial charge in [-0.3, -0.25) is 14.4 Å². The molecule has 1 aromatic carbocycles. The molecule has 1 aliphatic carbocycles. The molecule has 9 nitrogen and oxygen atoms in total. The summed E-state index contributed by atoms with van der Waals surface area (Å²) in [4.78, 5) is 46.4. The Balaban J connectivity index is 1.48. The topological polar surface area (TPSA) is 121 Å². The molecule has 0 bridgehead atoms. The molecule has 1 saturated carbocycles. The number of amides is 3. The van der Waals surface area contributed by atoms with Crippen molar-refractivity contribution in [3.63, 3.8) is 0 Å². The van der Waals surface area contributed by atoms with Gasteiger partial charge in [-0.15, -0.1) is 22.9 Å². The SMILES string of the molecule is Cc1ncsc1-c1ccc(CNC(=O)C2CC(O)CN2C(=O)[C@@H](NC(=O)C2CC2)C(C)(C)C)c(OCCCCl)c1. The largest absolute Gasteiger partial charge is 0.493 e. The van der Waals surface area contributed by atoms with Crippen molar-refractivity contribution in [2.45, 2.75) is 78.1 Å². The number of likely N-dealkylation sites (tertiary alicyclic amines) is 1. The number of nitrogens with zero attached hydrogens (tertiary/aromatic N) is 2. The Morgan fingerprint density at radius 1 is 1.25 bits per heavy atom. The molecular formula is C29H39ClN4O5S. The van der Waals surface area contributed by atoms with Crippen LogP contribution in [0.1, 0.15) is 57.7 Å². The summed E-state index contributed by atoms with van der Waals surface area (Å²) in [7, 11) is 0. The van der Waals surface area contributed by atoms with E-state index in [0.717, 1.165) is 34.5 Å². The van der Waals surface area contributed by atoms with Crippen LogP contribution in [0.25, 0.3) is 10.4 Å². The third-order valence-electron chi connectivity index (χ3n) is 7.28. The molecule has 2 aromatic rings. The number of hydrogen-bond acceptors (Lipinski definition) is 7. The van der Waals surface area contributed by atoms with Gasteiger partial charge in [-0.25, -0.2) is 4.98 Å². The number of halogens is 1. The van der Waals surface area contributed by atoms with Crippen molar-refractivity contribution in [3.8, 4) is 16.2 Å². The number of aryl methyl sites for hydroxylation is 1. The molecule has 11 heteroatoms. The summed E-state index contributed by atoms with van der Waals surface area (Å²) in [5.41, 5.74) is 3.94. The predicted octanol–water partition coefficient (Wildman–Crippen LogP) is 3.65. The number of rotatable bonds is 11. The van der Waals surface area contributed by atoms with Gasteiger partial charge in [-0.05, 0) is 43.2 Å². The van der Waals surface area contributed by atoms with E-state index in [1.54, 1.807) is 16.8 Å². The Hall–Kier alpha value is -2.69. The summed E-state index contributed by atoms with van der Waals surface area (Å²) in [6.45, 7) is 8.27. The highest BCUT2D eigenvalue weighted by molar-refractivity contribution is 7.13. The highest BCUT2D eigenvalue weighted by Gasteiger charge is 2.45. The standard InChI is InChI=1S/C29H39ClN4O5S/c1-17-24(40-16-32-17)19-8-9-20(23(12-19)39-11-5-10-30)14-31-27(37)22-13-21(35)15-34(22)28(38)25(29(2,3)4)33-26(36)18-6-7-18/h8-9,12,16,18,21-22,25,35H,5-7,10-11,13-15H2,1-4H3,(H,31,37)(H,33,36)/t21?,22?,25-/m1/s1. The predicted molar refractivity (Wildman–Crippen MR) is 155 cm³/mol. The molecule has 40 heavy (non-hydrogen) atoms. The Kier molecular flexibility index (Phi) is 9.74. The summed E-state index contributed by atoms with van der Waals surface area (Å²) in [6, 6.07) is 4.19. The van der Waals surface area contributed by atoms with Crippen LogP contribution in [0.4, 0.5) is 0 Å². The zero-order valence-corrected chi connectivity index (χ0v) is 25.1. The van der Waals surface area contributed by atoms with Crippen molar-refractivity contribution in [2.75, 3.05) is 19.0 Å². The van der Waals surface area contributed by atoms with Gasteiger partial charge >= 0.3 is 0 Å². The third kappa shape index (κ3) is 7.33. The lowest BCUT2D eigenvalue weighted by Gasteiger charge is -2.35. The van der Waals surface area contributed by atoms with E-state index in [2.05, 4.69) is 15.6 Å². The van der Waals surface area contributed by atoms with Crippen LogP contribution in [0.2, 0.25) is 0 Å². The lowest BCUT2D eigenvalue weighted by Crippen LogP contribution is -2.58. The van der Waals surface area contributed by atoms with Crippen molar-refractivity contribution in [3.05, 3.63) is 35.0 Å². The smallest absolute Gasteiger partial charge is 0.246 e. The molecule has 2 heterocycles. The van der Waals surface area contributed by atoms with Crippen LogP contribution in [-0.4, -0.2) is 69.9 Å². The molecule has 2 unspecified atom stereocenters. The molecule has 0 spiro atoms. The van der Waals surface area contributed by atoms with Crippen LogP contribution >= 0.6 is 22.9 Å². The van der Waals surface area contributed by atoms with Gasteiger partial charge < -0.3 is 25.4 Å². The zero-order valence-electron chi connectivity index (χ0n) is 23.5. The number of carbonyl (C=O) groups is 3. The number of hydrogen-bond donors (Lipinski definition) is 3. The summed E-state index contributed by atoms with van der Waals surface area (Å²) >= 11 is 7.40. The van der Waals surface area contributed by atoms with E-state index in [4.69, 9.17) is 16.3 Å². The van der Waals surface area contributed by atoms with Crippen LogP contribution < -0.4 is 15.4 Å². The van der Waals surface area contributed by atoms with Crippen LogP contribution in [0, 0.1) is 18.3 Å². The highest BCUT2D eigenvalue weighted by atomic mass is 35.5. The number of aliphatic hydroxyl groups is 1. The fraction of sp³-hybridized carbons (Fsp3) is 0.586. The number of nitrogens with one attached hydrogen (secondary N) is 2. The Labute approximate surface area is 244 Å². The van der Waals surface area contributed by atoms with E-state index in [1.807, 2.05) is 45.9 Å². The monoisotopic (exact) mass is 590 g/mol. The van der Waals surface area contributed by atoms with Gasteiger partial charge in [0.2, 0.25) is 17.7 Å². The first-order valence-electron chi connectivity index (χ1n) is 13.8. The van der Waals surface area contributed by atoms with Crippen molar-refractivity contribution in [1.82, 2.24) is 20.5 Å². The molecule has 0 radical (unpaired) electrons. The summed E-state index contributed by atoms with van der Waals surface area (Å²) < 4.78 is 6.02. The molecule has 1 aliphatic heterocycles.